The summed E-state index contributed by atoms with van der Waals surface area (Å²) in [5.74, 6) is -1.58. The third-order valence-electron chi connectivity index (χ3n) is 4.11. The molecular weight excluding hydrogens is 284 g/mol. The van der Waals surface area contributed by atoms with Crippen molar-refractivity contribution in [2.45, 2.75) is 44.8 Å². The van der Waals surface area contributed by atoms with Crippen LogP contribution in [-0.2, 0) is 19.1 Å². The average molecular weight is 306 g/mol. The van der Waals surface area contributed by atoms with Gasteiger partial charge in [-0.15, -0.1) is 0 Å². The molecule has 2 rings (SSSR count). The van der Waals surface area contributed by atoms with Crippen LogP contribution in [-0.4, -0.2) is 41.6 Å². The van der Waals surface area contributed by atoms with Gasteiger partial charge < -0.3 is 14.6 Å². The summed E-state index contributed by atoms with van der Waals surface area (Å²) in [5.41, 5.74) is -1.01. The summed E-state index contributed by atoms with van der Waals surface area (Å²) in [4.78, 5) is 25.6. The number of ether oxygens (including phenoxy) is 2. The Balaban J connectivity index is 2.58. The third kappa shape index (κ3) is 2.66. The van der Waals surface area contributed by atoms with Crippen LogP contribution in [0.5, 0.6) is 5.75 Å². The molecule has 0 bridgehead atoms. The summed E-state index contributed by atoms with van der Waals surface area (Å²) in [7, 11) is 1.49. The van der Waals surface area contributed by atoms with Crippen molar-refractivity contribution < 1.29 is 24.2 Å². The molecule has 0 aromatic heterocycles. The number of methoxy groups -OCH3 is 1. The Kier molecular flexibility index (Phi) is 4.15. The standard InChI is InChI=1S/C17H22O5/c1-10-6-7-11(18)8-12(10)13-14(19)16(2,3)22-17(4,9-21-5)15(13)20/h6-8,13,18H,9H2,1-5H3. The van der Waals surface area contributed by atoms with Crippen LogP contribution in [0.1, 0.15) is 37.8 Å². The SMILES string of the molecule is COCC1(C)OC(C)(C)C(=O)C(c2cc(O)ccc2C)C1=O. The molecule has 1 saturated heterocycles. The number of phenols is 1. The van der Waals surface area contributed by atoms with Crippen molar-refractivity contribution >= 4 is 11.6 Å². The summed E-state index contributed by atoms with van der Waals surface area (Å²) >= 11 is 0. The summed E-state index contributed by atoms with van der Waals surface area (Å²) in [6.45, 7) is 6.82. The Morgan fingerprint density at radius 3 is 2.45 bits per heavy atom. The van der Waals surface area contributed by atoms with E-state index >= 15 is 0 Å². The summed E-state index contributed by atoms with van der Waals surface area (Å²) < 4.78 is 10.9. The fourth-order valence-corrected chi connectivity index (χ4v) is 3.03. The number of Topliss-reactive ketones (excluding diaryl/α,β-unsaturated/α-hetero) is 2. The van der Waals surface area contributed by atoms with Gasteiger partial charge >= 0.3 is 0 Å². The zero-order valence-electron chi connectivity index (χ0n) is 13.6. The van der Waals surface area contributed by atoms with E-state index in [0.717, 1.165) is 5.56 Å². The average Bonchev–Trinajstić information content (AvgIpc) is 2.41. The molecule has 1 aromatic rings. The molecule has 1 N–H and O–H groups in total. The number of rotatable bonds is 3. The van der Waals surface area contributed by atoms with Gasteiger partial charge in [0.1, 0.15) is 22.9 Å². The lowest BCUT2D eigenvalue weighted by Gasteiger charge is -2.44. The molecule has 2 unspecified atom stereocenters. The van der Waals surface area contributed by atoms with E-state index in [-0.39, 0.29) is 23.9 Å². The smallest absolute Gasteiger partial charge is 0.181 e. The highest BCUT2D eigenvalue weighted by Crippen LogP contribution is 2.40. The van der Waals surface area contributed by atoms with Gasteiger partial charge in [-0.05, 0) is 51.0 Å². The Hall–Kier alpha value is -1.72. The molecule has 5 nitrogen and oxygen atoms in total. The number of hydrogen-bond donors (Lipinski definition) is 1. The van der Waals surface area contributed by atoms with E-state index in [1.807, 2.05) is 6.92 Å². The maximum atomic E-state index is 12.9. The molecule has 1 aliphatic rings. The first-order chi connectivity index (χ1) is 10.1. The van der Waals surface area contributed by atoms with Crippen molar-refractivity contribution in [2.75, 3.05) is 13.7 Å². The summed E-state index contributed by atoms with van der Waals surface area (Å²) in [6, 6.07) is 4.71. The molecule has 0 aliphatic carbocycles. The first-order valence-corrected chi connectivity index (χ1v) is 7.19. The van der Waals surface area contributed by atoms with Crippen LogP contribution in [0.3, 0.4) is 0 Å². The third-order valence-corrected chi connectivity index (χ3v) is 4.11. The predicted octanol–water partition coefficient (Wildman–Crippen LogP) is 2.14. The summed E-state index contributed by atoms with van der Waals surface area (Å²) in [6.07, 6.45) is 0. The van der Waals surface area contributed by atoms with Crippen molar-refractivity contribution in [2.24, 2.45) is 0 Å². The molecule has 1 fully saturated rings. The Morgan fingerprint density at radius 1 is 1.23 bits per heavy atom. The minimum atomic E-state index is -1.20. The second-order valence-corrected chi connectivity index (χ2v) is 6.48. The van der Waals surface area contributed by atoms with Gasteiger partial charge in [-0.1, -0.05) is 6.07 Å². The Labute approximate surface area is 130 Å². The lowest BCUT2D eigenvalue weighted by molar-refractivity contribution is -0.195. The second kappa shape index (κ2) is 5.48. The van der Waals surface area contributed by atoms with Gasteiger partial charge in [0.15, 0.2) is 11.6 Å². The van der Waals surface area contributed by atoms with E-state index in [1.165, 1.54) is 19.2 Å². The number of benzene rings is 1. The van der Waals surface area contributed by atoms with Gasteiger partial charge in [0.2, 0.25) is 0 Å². The maximum absolute atomic E-state index is 12.9. The lowest BCUT2D eigenvalue weighted by Crippen LogP contribution is -2.61. The molecule has 0 radical (unpaired) electrons. The van der Waals surface area contributed by atoms with E-state index in [9.17, 15) is 14.7 Å². The topological polar surface area (TPSA) is 72.8 Å². The van der Waals surface area contributed by atoms with E-state index in [0.29, 0.717) is 5.56 Å². The molecule has 22 heavy (non-hydrogen) atoms. The van der Waals surface area contributed by atoms with Gasteiger partial charge in [-0.2, -0.15) is 0 Å². The number of ketones is 2. The van der Waals surface area contributed by atoms with Crippen LogP contribution in [0.15, 0.2) is 18.2 Å². The Bertz CT molecular complexity index is 619. The van der Waals surface area contributed by atoms with Crippen LogP contribution >= 0.6 is 0 Å². The number of aromatic hydroxyl groups is 1. The predicted molar refractivity (Wildman–Crippen MR) is 81.0 cm³/mol. The molecule has 0 spiro atoms. The largest absolute Gasteiger partial charge is 0.508 e. The van der Waals surface area contributed by atoms with Crippen molar-refractivity contribution in [3.8, 4) is 5.75 Å². The minimum Gasteiger partial charge on any atom is -0.508 e. The first-order valence-electron chi connectivity index (χ1n) is 7.19. The maximum Gasteiger partial charge on any atom is 0.181 e. The van der Waals surface area contributed by atoms with Gasteiger partial charge in [0.25, 0.3) is 0 Å². The Morgan fingerprint density at radius 2 is 1.86 bits per heavy atom. The monoisotopic (exact) mass is 306 g/mol. The number of hydrogen-bond acceptors (Lipinski definition) is 5. The van der Waals surface area contributed by atoms with Crippen molar-refractivity contribution in [3.05, 3.63) is 29.3 Å². The van der Waals surface area contributed by atoms with Crippen molar-refractivity contribution in [1.82, 2.24) is 0 Å². The molecule has 0 amide bonds. The zero-order valence-corrected chi connectivity index (χ0v) is 13.6. The first kappa shape index (κ1) is 16.6. The molecular formula is C17H22O5. The highest BCUT2D eigenvalue weighted by atomic mass is 16.6. The van der Waals surface area contributed by atoms with Gasteiger partial charge in [-0.3, -0.25) is 9.59 Å². The summed E-state index contributed by atoms with van der Waals surface area (Å²) in [5, 5.41) is 9.73. The van der Waals surface area contributed by atoms with Crippen LogP contribution < -0.4 is 0 Å². The molecule has 5 heteroatoms. The van der Waals surface area contributed by atoms with Gasteiger partial charge in [-0.25, -0.2) is 0 Å². The molecule has 1 aromatic carbocycles. The number of aryl methyl sites for hydroxylation is 1. The highest BCUT2D eigenvalue weighted by molar-refractivity contribution is 6.15. The number of carbonyl (C=O) groups is 2. The van der Waals surface area contributed by atoms with Crippen LogP contribution in [0.2, 0.25) is 0 Å². The van der Waals surface area contributed by atoms with E-state index < -0.39 is 17.1 Å². The number of carbonyl (C=O) groups excluding carboxylic acids is 2. The van der Waals surface area contributed by atoms with Crippen molar-refractivity contribution in [1.29, 1.82) is 0 Å². The number of phenolic OH excluding ortho intramolecular Hbond substituents is 1. The molecule has 0 saturated carbocycles. The lowest BCUT2D eigenvalue weighted by atomic mass is 9.73. The van der Waals surface area contributed by atoms with Crippen LogP contribution in [0.4, 0.5) is 0 Å². The van der Waals surface area contributed by atoms with E-state index in [4.69, 9.17) is 9.47 Å². The molecule has 1 heterocycles. The molecule has 2 atom stereocenters. The van der Waals surface area contributed by atoms with E-state index in [2.05, 4.69) is 0 Å². The normalized spacial score (nSPS) is 28.0. The highest BCUT2D eigenvalue weighted by Gasteiger charge is 2.55. The fourth-order valence-electron chi connectivity index (χ4n) is 3.03. The fraction of sp³-hybridized carbons (Fsp3) is 0.529. The minimum absolute atomic E-state index is 0.0268. The van der Waals surface area contributed by atoms with Crippen LogP contribution in [0, 0.1) is 6.92 Å². The van der Waals surface area contributed by atoms with Gasteiger partial charge in [0.05, 0.1) is 6.61 Å². The molecule has 120 valence electrons. The molecule has 1 aliphatic heterocycles. The van der Waals surface area contributed by atoms with Crippen molar-refractivity contribution in [3.63, 3.8) is 0 Å². The van der Waals surface area contributed by atoms with Gasteiger partial charge in [0, 0.05) is 7.11 Å². The zero-order chi connectivity index (χ0) is 16.7. The van der Waals surface area contributed by atoms with E-state index in [1.54, 1.807) is 26.8 Å². The van der Waals surface area contributed by atoms with Crippen LogP contribution in [0.25, 0.3) is 0 Å². The second-order valence-electron chi connectivity index (χ2n) is 6.48. The quantitative estimate of drug-likeness (QED) is 0.866.